The maximum Gasteiger partial charge on any atom is 0.270 e. The molecule has 0 saturated heterocycles. The Morgan fingerprint density at radius 2 is 1.66 bits per heavy atom. The molecule has 0 aliphatic heterocycles. The molecule has 2 N–H and O–H groups in total. The average Bonchev–Trinajstić information content (AvgIpc) is 2.87. The number of hydrazine groups is 1. The number of hydrogen-bond acceptors (Lipinski definition) is 5. The van der Waals surface area contributed by atoms with Crippen LogP contribution in [0.25, 0.3) is 22.2 Å². The van der Waals surface area contributed by atoms with Gasteiger partial charge in [0.05, 0.1) is 30.3 Å². The van der Waals surface area contributed by atoms with E-state index in [0.29, 0.717) is 39.0 Å². The van der Waals surface area contributed by atoms with E-state index in [4.69, 9.17) is 9.72 Å². The number of aryl methyl sites for hydroxylation is 1. The molecule has 0 aliphatic carbocycles. The minimum atomic E-state index is -0.463. The Morgan fingerprint density at radius 1 is 0.914 bits per heavy atom. The first-order chi connectivity index (χ1) is 16.9. The number of carbonyl (C=O) groups is 3. The molecule has 0 aliphatic rings. The molecule has 176 valence electrons. The molecular weight excluding hydrogens is 442 g/mol. The number of amides is 2. The summed E-state index contributed by atoms with van der Waals surface area (Å²) in [6.07, 6.45) is -0.0731. The first kappa shape index (κ1) is 23.6. The normalized spacial score (nSPS) is 10.6. The average molecular weight is 468 g/mol. The van der Waals surface area contributed by atoms with Crippen LogP contribution in [0.5, 0.6) is 5.75 Å². The lowest BCUT2D eigenvalue weighted by molar-refractivity contribution is -0.121. The number of para-hydroxylation sites is 1. The van der Waals surface area contributed by atoms with Crippen LogP contribution >= 0.6 is 0 Å². The van der Waals surface area contributed by atoms with Crippen molar-refractivity contribution in [2.75, 3.05) is 7.11 Å². The van der Waals surface area contributed by atoms with Gasteiger partial charge in [0.15, 0.2) is 5.78 Å². The van der Waals surface area contributed by atoms with Crippen LogP contribution in [-0.4, -0.2) is 29.7 Å². The number of benzene rings is 3. The molecule has 7 nitrogen and oxygen atoms in total. The third kappa shape index (κ3) is 5.35. The van der Waals surface area contributed by atoms with E-state index in [2.05, 4.69) is 10.9 Å². The number of ketones is 1. The zero-order valence-electron chi connectivity index (χ0n) is 19.7. The molecule has 1 aromatic heterocycles. The van der Waals surface area contributed by atoms with Crippen molar-refractivity contribution < 1.29 is 19.1 Å². The van der Waals surface area contributed by atoms with Crippen LogP contribution < -0.4 is 15.6 Å². The predicted molar refractivity (Wildman–Crippen MR) is 134 cm³/mol. The van der Waals surface area contributed by atoms with Crippen molar-refractivity contribution in [3.8, 4) is 17.0 Å². The van der Waals surface area contributed by atoms with Crippen LogP contribution in [0.4, 0.5) is 0 Å². The zero-order valence-corrected chi connectivity index (χ0v) is 19.7. The largest absolute Gasteiger partial charge is 0.496 e. The molecule has 0 fully saturated rings. The van der Waals surface area contributed by atoms with Crippen LogP contribution in [-0.2, 0) is 11.2 Å². The predicted octanol–water partition coefficient (Wildman–Crippen LogP) is 4.43. The highest BCUT2D eigenvalue weighted by Gasteiger charge is 2.16. The summed E-state index contributed by atoms with van der Waals surface area (Å²) in [6.45, 7) is 3.46. The van der Waals surface area contributed by atoms with Crippen molar-refractivity contribution >= 4 is 28.5 Å². The van der Waals surface area contributed by atoms with Crippen molar-refractivity contribution in [3.63, 3.8) is 0 Å². The van der Waals surface area contributed by atoms with Gasteiger partial charge in [-0.25, -0.2) is 4.98 Å². The fraction of sp³-hybridized carbons (Fsp3) is 0.143. The highest BCUT2D eigenvalue weighted by molar-refractivity contribution is 6.07. The van der Waals surface area contributed by atoms with E-state index >= 15 is 0 Å². The lowest BCUT2D eigenvalue weighted by Gasteiger charge is -2.13. The molecule has 4 rings (SSSR count). The van der Waals surface area contributed by atoms with Crippen molar-refractivity contribution in [2.24, 2.45) is 0 Å². The van der Waals surface area contributed by atoms with Crippen LogP contribution in [0.1, 0.15) is 38.8 Å². The Balaban J connectivity index is 1.55. The molecule has 2 amide bonds. The summed E-state index contributed by atoms with van der Waals surface area (Å²) in [5, 5.41) is 0.672. The number of aromatic nitrogens is 1. The quantitative estimate of drug-likeness (QED) is 0.323. The summed E-state index contributed by atoms with van der Waals surface area (Å²) < 4.78 is 5.30. The van der Waals surface area contributed by atoms with Crippen LogP contribution in [0.15, 0.2) is 72.8 Å². The zero-order chi connectivity index (χ0) is 24.9. The number of rotatable bonds is 6. The summed E-state index contributed by atoms with van der Waals surface area (Å²) in [6, 6.07) is 21.9. The van der Waals surface area contributed by atoms with E-state index in [9.17, 15) is 14.4 Å². The summed E-state index contributed by atoms with van der Waals surface area (Å²) in [5.74, 6) is -0.542. The Morgan fingerprint density at radius 3 is 2.37 bits per heavy atom. The van der Waals surface area contributed by atoms with Crippen LogP contribution in [0.3, 0.4) is 0 Å². The van der Waals surface area contributed by atoms with Crippen molar-refractivity contribution in [1.29, 1.82) is 0 Å². The minimum absolute atomic E-state index is 0.0731. The Hall–Kier alpha value is -4.52. The van der Waals surface area contributed by atoms with E-state index in [1.807, 2.05) is 55.5 Å². The standard InChI is InChI=1S/C28H25N3O4/c1-17-8-10-19(11-9-17)25-16-23(22-6-4-5-7-24(22)29-25)28(34)31-30-27(33)15-21-14-20(18(2)32)12-13-26(21)35-3/h4-14,16H,15H2,1-3H3,(H,30,33)(H,31,34). The molecule has 4 aromatic rings. The monoisotopic (exact) mass is 467 g/mol. The van der Waals surface area contributed by atoms with Gasteiger partial charge in [0, 0.05) is 22.1 Å². The third-order valence-corrected chi connectivity index (χ3v) is 5.66. The SMILES string of the molecule is COc1ccc(C(C)=O)cc1CC(=O)NNC(=O)c1cc(-c2ccc(C)cc2)nc2ccccc12. The van der Waals surface area contributed by atoms with E-state index < -0.39 is 11.8 Å². The number of nitrogens with zero attached hydrogens (tertiary/aromatic N) is 1. The number of methoxy groups -OCH3 is 1. The van der Waals surface area contributed by atoms with Gasteiger partial charge in [-0.1, -0.05) is 48.0 Å². The molecule has 35 heavy (non-hydrogen) atoms. The van der Waals surface area contributed by atoms with Crippen molar-refractivity contribution in [2.45, 2.75) is 20.3 Å². The smallest absolute Gasteiger partial charge is 0.270 e. The van der Waals surface area contributed by atoms with Crippen molar-refractivity contribution in [3.05, 3.63) is 95.1 Å². The summed E-state index contributed by atoms with van der Waals surface area (Å²) >= 11 is 0. The number of carbonyl (C=O) groups excluding carboxylic acids is 3. The highest BCUT2D eigenvalue weighted by atomic mass is 16.5. The number of hydrogen-bond donors (Lipinski definition) is 2. The van der Waals surface area contributed by atoms with E-state index in [1.165, 1.54) is 14.0 Å². The fourth-order valence-corrected chi connectivity index (χ4v) is 3.78. The highest BCUT2D eigenvalue weighted by Crippen LogP contribution is 2.25. The maximum absolute atomic E-state index is 13.1. The third-order valence-electron chi connectivity index (χ3n) is 5.66. The first-order valence-corrected chi connectivity index (χ1v) is 11.1. The second-order valence-corrected chi connectivity index (χ2v) is 8.20. The number of fused-ring (bicyclic) bond motifs is 1. The molecule has 3 aromatic carbocycles. The first-order valence-electron chi connectivity index (χ1n) is 11.1. The fourth-order valence-electron chi connectivity index (χ4n) is 3.78. The van der Waals surface area contributed by atoms with Crippen molar-refractivity contribution in [1.82, 2.24) is 15.8 Å². The van der Waals surface area contributed by atoms with Gasteiger partial charge in [0.2, 0.25) is 5.91 Å². The molecule has 0 unspecified atom stereocenters. The van der Waals surface area contributed by atoms with Gasteiger partial charge >= 0.3 is 0 Å². The van der Waals surface area contributed by atoms with Crippen LogP contribution in [0.2, 0.25) is 0 Å². The Labute approximate surface area is 203 Å². The lowest BCUT2D eigenvalue weighted by Crippen LogP contribution is -2.42. The molecular formula is C28H25N3O4. The number of pyridine rings is 1. The maximum atomic E-state index is 13.1. The lowest BCUT2D eigenvalue weighted by atomic mass is 10.0. The van der Waals surface area contributed by atoms with Gasteiger partial charge in [-0.3, -0.25) is 25.2 Å². The summed E-state index contributed by atoms with van der Waals surface area (Å²) in [5.41, 5.74) is 9.72. The van der Waals surface area contributed by atoms with Gasteiger partial charge < -0.3 is 4.74 Å². The number of nitrogens with one attached hydrogen (secondary N) is 2. The molecule has 0 radical (unpaired) electrons. The second-order valence-electron chi connectivity index (χ2n) is 8.20. The Bertz CT molecular complexity index is 1430. The molecule has 7 heteroatoms. The topological polar surface area (TPSA) is 97.4 Å². The van der Waals surface area contributed by atoms with E-state index in [1.54, 1.807) is 24.3 Å². The summed E-state index contributed by atoms with van der Waals surface area (Å²) in [7, 11) is 1.49. The van der Waals surface area contributed by atoms with Gasteiger partial charge in [-0.05, 0) is 44.2 Å². The summed E-state index contributed by atoms with van der Waals surface area (Å²) in [4.78, 5) is 42.1. The van der Waals surface area contributed by atoms with Gasteiger partial charge in [0.25, 0.3) is 5.91 Å². The second kappa shape index (κ2) is 10.2. The number of Topliss-reactive ketones (excluding diaryl/α,β-unsaturated/α-hetero) is 1. The molecule has 0 atom stereocenters. The minimum Gasteiger partial charge on any atom is -0.496 e. The molecule has 0 bridgehead atoms. The van der Waals surface area contributed by atoms with Crippen LogP contribution in [0, 0.1) is 6.92 Å². The number of ether oxygens (including phenoxy) is 1. The van der Waals surface area contributed by atoms with Gasteiger partial charge in [-0.15, -0.1) is 0 Å². The Kier molecular flexibility index (Phi) is 6.87. The molecule has 1 heterocycles. The van der Waals surface area contributed by atoms with Gasteiger partial charge in [0.1, 0.15) is 5.75 Å². The van der Waals surface area contributed by atoms with Gasteiger partial charge in [-0.2, -0.15) is 0 Å². The molecule has 0 spiro atoms. The van der Waals surface area contributed by atoms with E-state index in [-0.39, 0.29) is 12.2 Å². The van der Waals surface area contributed by atoms with E-state index in [0.717, 1.165) is 11.1 Å². The molecule has 0 saturated carbocycles.